The molecule has 101 heavy (non-hydrogen) atoms. The fraction of sp³-hybridized carbons (Fsp3) is 0.789. The third kappa shape index (κ3) is 22.4. The van der Waals surface area contributed by atoms with Crippen LogP contribution in [0.1, 0.15) is 235 Å². The second-order valence-corrected chi connectivity index (χ2v) is 31.9. The molecule has 0 aromatic heterocycles. The Hall–Kier alpha value is -7.79. The van der Waals surface area contributed by atoms with Gasteiger partial charge in [0.25, 0.3) is 0 Å². The summed E-state index contributed by atoms with van der Waals surface area (Å²) in [6.07, 6.45) is 9.46. The highest BCUT2D eigenvalue weighted by Crippen LogP contribution is 2.27. The van der Waals surface area contributed by atoms with E-state index in [0.717, 1.165) is 38.8 Å². The minimum Gasteiger partial charge on any atom is -0.354 e. The monoisotopic (exact) mass is 1420 g/mol. The molecule has 4 aliphatic rings. The van der Waals surface area contributed by atoms with Crippen molar-refractivity contribution in [3.63, 3.8) is 0 Å². The number of carbonyl (C=O) groups excluding carboxylic acids is 14. The third-order valence-corrected chi connectivity index (χ3v) is 20.5. The molecule has 12 N–H and O–H groups in total. The van der Waals surface area contributed by atoms with Gasteiger partial charge in [-0.1, -0.05) is 41.5 Å². The summed E-state index contributed by atoms with van der Waals surface area (Å²) in [5, 5.41) is 32.8. The zero-order valence-corrected chi connectivity index (χ0v) is 64.3. The summed E-state index contributed by atoms with van der Waals surface area (Å²) in [7, 11) is 0. The molecule has 0 bridgehead atoms. The van der Waals surface area contributed by atoms with Gasteiger partial charge in [-0.05, 0) is 167 Å². The number of piperidine rings is 1. The van der Waals surface area contributed by atoms with Gasteiger partial charge < -0.3 is 73.6 Å². The minimum atomic E-state index is -1.73. The summed E-state index contributed by atoms with van der Waals surface area (Å²) in [5.74, 6) is -8.39. The molecule has 14 amide bonds. The van der Waals surface area contributed by atoms with Crippen molar-refractivity contribution in [2.24, 2.45) is 5.92 Å². The zero-order valence-electron chi connectivity index (χ0n) is 64.3. The van der Waals surface area contributed by atoms with Crippen molar-refractivity contribution in [1.82, 2.24) is 78.5 Å². The molecule has 8 atom stereocenters. The molecule has 30 heteroatoms. The van der Waals surface area contributed by atoms with Crippen molar-refractivity contribution in [1.29, 1.82) is 0 Å². The quantitative estimate of drug-likeness (QED) is 0.0401. The molecule has 3 fully saturated rings. The Morgan fingerprint density at radius 2 is 0.891 bits per heavy atom. The largest absolute Gasteiger partial charge is 0.354 e. The highest BCUT2D eigenvalue weighted by atomic mass is 16.2. The Morgan fingerprint density at radius 3 is 1.42 bits per heavy atom. The summed E-state index contributed by atoms with van der Waals surface area (Å²) in [6.45, 7) is 35.2. The number of hydrogen-bond donors (Lipinski definition) is 12. The lowest BCUT2D eigenvalue weighted by molar-refractivity contribution is -0.571. The highest BCUT2D eigenvalue weighted by molar-refractivity contribution is 6.03. The first-order valence-corrected chi connectivity index (χ1v) is 36.2. The molecule has 4 heterocycles. The maximum Gasteiger partial charge on any atom is 0.248 e. The number of likely N-dealkylation sites (tertiary alicyclic amines) is 2. The molecule has 570 valence electrons. The lowest BCUT2D eigenvalue weighted by Gasteiger charge is -2.42. The molecule has 0 radical (unpaired) electrons. The summed E-state index contributed by atoms with van der Waals surface area (Å²) in [6, 6.07) is -1.82. The molecule has 0 spiro atoms. The maximum atomic E-state index is 14.6. The second kappa shape index (κ2) is 34.5. The fourth-order valence-electron chi connectivity index (χ4n) is 12.6. The van der Waals surface area contributed by atoms with Crippen molar-refractivity contribution in [3.8, 4) is 0 Å². The van der Waals surface area contributed by atoms with E-state index < -0.39 is 139 Å². The van der Waals surface area contributed by atoms with Gasteiger partial charge >= 0.3 is 0 Å². The first-order valence-electron chi connectivity index (χ1n) is 36.2. The van der Waals surface area contributed by atoms with E-state index in [1.807, 2.05) is 6.92 Å². The van der Waals surface area contributed by atoms with Crippen LogP contribution in [-0.4, -0.2) is 228 Å². The normalized spacial score (nSPS) is 20.2. The van der Waals surface area contributed by atoms with E-state index in [-0.39, 0.29) is 63.0 Å². The van der Waals surface area contributed by atoms with Crippen LogP contribution in [0.25, 0.3) is 0 Å². The van der Waals surface area contributed by atoms with Crippen LogP contribution in [0.2, 0.25) is 0 Å². The van der Waals surface area contributed by atoms with Gasteiger partial charge in [-0.2, -0.15) is 0 Å². The van der Waals surface area contributed by atoms with Gasteiger partial charge in [0.1, 0.15) is 74.7 Å². The fourth-order valence-corrected chi connectivity index (χ4v) is 12.6. The van der Waals surface area contributed by atoms with Gasteiger partial charge in [-0.25, -0.2) is 9.48 Å². The Labute approximate surface area is 598 Å². The van der Waals surface area contributed by atoms with Gasteiger partial charge in [0, 0.05) is 71.4 Å². The molecule has 2 unspecified atom stereocenters. The van der Waals surface area contributed by atoms with Gasteiger partial charge in [0.2, 0.25) is 88.9 Å². The molecule has 4 aliphatic heterocycles. The molecule has 4 rings (SSSR count). The second-order valence-electron chi connectivity index (χ2n) is 31.9. The van der Waals surface area contributed by atoms with E-state index >= 15 is 0 Å². The summed E-state index contributed by atoms with van der Waals surface area (Å²) in [4.78, 5) is 197. The lowest BCUT2D eigenvalue weighted by Crippen LogP contribution is -2.70. The molecule has 0 aromatic carbocycles. The predicted molar refractivity (Wildman–Crippen MR) is 381 cm³/mol. The third-order valence-electron chi connectivity index (χ3n) is 20.5. The average Bonchev–Trinajstić information content (AvgIpc) is 1.30. The van der Waals surface area contributed by atoms with Gasteiger partial charge in [0.15, 0.2) is 0 Å². The summed E-state index contributed by atoms with van der Waals surface area (Å²) in [5.41, 5.74) is -14.3. The van der Waals surface area contributed by atoms with E-state index in [1.165, 1.54) is 107 Å². The van der Waals surface area contributed by atoms with Crippen LogP contribution in [0.5, 0.6) is 0 Å². The number of fused-ring (bicyclic) bond motifs is 1. The van der Waals surface area contributed by atoms with E-state index in [4.69, 9.17) is 0 Å². The number of carbonyl (C=O) groups is 14. The summed E-state index contributed by atoms with van der Waals surface area (Å²) >= 11 is 0. The minimum absolute atomic E-state index is 0.00593. The van der Waals surface area contributed by atoms with E-state index in [9.17, 15) is 67.1 Å². The van der Waals surface area contributed by atoms with Gasteiger partial charge in [-0.15, -0.1) is 0 Å². The Balaban J connectivity index is 1.28. The SMILES string of the molecule is CC[C@](C)(NC(=O)[C@@H]1CCCN1C(C)=O)C(=O)N[C@@](C)(CC)C(=O)NCCC(=O)NCC(=O)NC(C)(C)C(=O)NC(C)(C)C(=O)N[C@@](C)(CC)C(=O)NC(C)(C)C(=O)NC(C)(C)C(=O)NC(C)(C)C(=O)N1CCCC[C@H]1C(=O)N[C@@](C)(CC)C(=O)NC(CC(C)C)CN1CCC=[N+]2CCCC12. The zero-order chi connectivity index (χ0) is 76.8. The Kier molecular flexibility index (Phi) is 29.2. The first-order chi connectivity index (χ1) is 46.5. The number of nitrogens with zero attached hydrogens (tertiary/aromatic N) is 4. The average molecular weight is 1420 g/mol. The molecular weight excluding hydrogens is 1300 g/mol. The number of amides is 14. The lowest BCUT2D eigenvalue weighted by atomic mass is 9.91. The van der Waals surface area contributed by atoms with E-state index in [1.54, 1.807) is 27.7 Å². The standard InChI is InChI=1S/C71H122N16O14/c1-22-68(18,83-61(100)70(20,24-3)77-52(91)47-32-28-40-86(47)45(7)88)58(97)72-35-34-49(89)73-42-50(90)75-63(8,9)54(93)78-66(14,15)57(96)82-71(21,25-4)60(99)81-65(12,13)55(94)79-64(10,11)56(95)80-67(16,17)62(101)87-39-27-26-31-48(87)53(92)76-69(19,23-2)59(98)74-46(41-44(5)6)43-85-38-30-37-84-36-29-33-51(84)85/h37,44,46-48,51H,22-36,38-43H2,1-21H3,(H11-,72,73,74,75,76,77,78,79,80,81,82,83,89,90,91,92,93,94,95,96,97,98,99,100)/p+1/t46?,47-,48-,51?,68-,69-,70-,71-/m0/s1. The van der Waals surface area contributed by atoms with Crippen molar-refractivity contribution in [3.05, 3.63) is 0 Å². The smallest absolute Gasteiger partial charge is 0.248 e. The Bertz CT molecular complexity index is 3150. The van der Waals surface area contributed by atoms with Crippen LogP contribution < -0.4 is 63.8 Å². The number of nitrogens with one attached hydrogen (secondary N) is 12. The molecule has 0 saturated carbocycles. The van der Waals surface area contributed by atoms with E-state index in [0.29, 0.717) is 57.3 Å². The van der Waals surface area contributed by atoms with Gasteiger partial charge in [0.05, 0.1) is 6.54 Å². The molecule has 3 saturated heterocycles. The number of rotatable bonds is 34. The molecule has 30 nitrogen and oxygen atoms in total. The number of hydrogen-bond acceptors (Lipinski definition) is 15. The molecule has 0 aliphatic carbocycles. The van der Waals surface area contributed by atoms with Crippen molar-refractivity contribution >= 4 is 88.9 Å². The summed E-state index contributed by atoms with van der Waals surface area (Å²) < 4.78 is 2.40. The Morgan fingerprint density at radius 1 is 0.455 bits per heavy atom. The van der Waals surface area contributed by atoms with Crippen molar-refractivity contribution < 1.29 is 71.7 Å². The van der Waals surface area contributed by atoms with Crippen LogP contribution in [0.15, 0.2) is 0 Å². The van der Waals surface area contributed by atoms with Crippen molar-refractivity contribution in [2.75, 3.05) is 45.8 Å². The van der Waals surface area contributed by atoms with Crippen LogP contribution in [-0.2, 0) is 67.1 Å². The van der Waals surface area contributed by atoms with Crippen LogP contribution in [0.3, 0.4) is 0 Å². The van der Waals surface area contributed by atoms with Crippen LogP contribution >= 0.6 is 0 Å². The van der Waals surface area contributed by atoms with Crippen LogP contribution in [0, 0.1) is 5.92 Å². The predicted octanol–water partition coefficient (Wildman–Crippen LogP) is 1.05. The first kappa shape index (κ1) is 85.6. The van der Waals surface area contributed by atoms with E-state index in [2.05, 4.69) is 93.3 Å². The van der Waals surface area contributed by atoms with Gasteiger partial charge in [-0.3, -0.25) is 67.1 Å². The highest BCUT2D eigenvalue weighted by Gasteiger charge is 2.49. The van der Waals surface area contributed by atoms with Crippen LogP contribution in [0.4, 0.5) is 0 Å². The maximum absolute atomic E-state index is 14.6. The molecule has 0 aromatic rings. The topological polar surface area (TPSA) is 396 Å². The molecular formula is C71H123N16O14+. The van der Waals surface area contributed by atoms with Crippen molar-refractivity contribution in [2.45, 2.75) is 309 Å².